The highest BCUT2D eigenvalue weighted by molar-refractivity contribution is 6.00. The molecule has 1 fully saturated rings. The van der Waals surface area contributed by atoms with Crippen LogP contribution < -0.4 is 0 Å². The number of imidazole rings is 1. The summed E-state index contributed by atoms with van der Waals surface area (Å²) < 4.78 is 1.74. The lowest BCUT2D eigenvalue weighted by molar-refractivity contribution is 0.0449. The minimum Gasteiger partial charge on any atom is -0.476 e. The van der Waals surface area contributed by atoms with Crippen LogP contribution in [0.4, 0.5) is 0 Å². The first-order chi connectivity index (χ1) is 9.68. The molecule has 0 saturated carbocycles. The van der Waals surface area contributed by atoms with E-state index in [0.717, 1.165) is 6.42 Å². The minimum atomic E-state index is -1.06. The van der Waals surface area contributed by atoms with Crippen molar-refractivity contribution in [3.05, 3.63) is 47.5 Å². The van der Waals surface area contributed by atoms with Crippen LogP contribution in [-0.4, -0.2) is 38.0 Å². The van der Waals surface area contributed by atoms with Gasteiger partial charge < -0.3 is 10.0 Å². The van der Waals surface area contributed by atoms with Crippen molar-refractivity contribution in [2.24, 2.45) is 0 Å². The zero-order valence-electron chi connectivity index (χ0n) is 10.5. The largest absolute Gasteiger partial charge is 0.476 e. The fraction of sp³-hybridized carbons (Fsp3) is 0.214. The summed E-state index contributed by atoms with van der Waals surface area (Å²) in [5, 5.41) is 9.28. The van der Waals surface area contributed by atoms with Gasteiger partial charge in [-0.05, 0) is 18.6 Å². The number of carboxylic acids is 1. The predicted octanol–water partition coefficient (Wildman–Crippen LogP) is 1.47. The molecule has 6 nitrogen and oxygen atoms in total. The first kappa shape index (κ1) is 11.2. The lowest BCUT2D eigenvalue weighted by Gasteiger charge is -2.39. The van der Waals surface area contributed by atoms with E-state index >= 15 is 0 Å². The van der Waals surface area contributed by atoms with E-state index in [-0.39, 0.29) is 17.6 Å². The van der Waals surface area contributed by atoms with Gasteiger partial charge in [-0.3, -0.25) is 9.36 Å². The molecule has 0 aliphatic carbocycles. The van der Waals surface area contributed by atoms with Crippen molar-refractivity contribution in [3.8, 4) is 5.69 Å². The summed E-state index contributed by atoms with van der Waals surface area (Å²) in [5.74, 6) is -1.10. The third kappa shape index (κ3) is 1.25. The van der Waals surface area contributed by atoms with E-state index in [1.807, 2.05) is 18.2 Å². The average molecular weight is 269 g/mol. The third-order valence-corrected chi connectivity index (χ3v) is 4.00. The van der Waals surface area contributed by atoms with Crippen molar-refractivity contribution in [2.45, 2.75) is 12.5 Å². The second kappa shape index (κ2) is 3.69. The van der Waals surface area contributed by atoms with Gasteiger partial charge in [0, 0.05) is 6.54 Å². The van der Waals surface area contributed by atoms with Crippen molar-refractivity contribution < 1.29 is 14.7 Å². The van der Waals surface area contributed by atoms with Crippen molar-refractivity contribution in [1.82, 2.24) is 14.5 Å². The van der Waals surface area contributed by atoms with Gasteiger partial charge in [0.1, 0.15) is 6.33 Å². The number of carbonyl (C=O) groups excluding carboxylic acids is 1. The topological polar surface area (TPSA) is 75.4 Å². The highest BCUT2D eigenvalue weighted by atomic mass is 16.4. The van der Waals surface area contributed by atoms with Gasteiger partial charge in [-0.25, -0.2) is 9.78 Å². The normalized spacial score (nSPS) is 19.5. The number of hydrogen-bond donors (Lipinski definition) is 1. The molecular weight excluding hydrogens is 258 g/mol. The van der Waals surface area contributed by atoms with Crippen molar-refractivity contribution >= 4 is 11.9 Å². The molecular formula is C14H11N3O3. The van der Waals surface area contributed by atoms with Gasteiger partial charge in [0.05, 0.1) is 23.0 Å². The first-order valence-corrected chi connectivity index (χ1v) is 6.39. The van der Waals surface area contributed by atoms with Gasteiger partial charge in [0.2, 0.25) is 0 Å². The van der Waals surface area contributed by atoms with E-state index in [1.165, 1.54) is 6.33 Å². The predicted molar refractivity (Wildman–Crippen MR) is 68.9 cm³/mol. The maximum Gasteiger partial charge on any atom is 0.356 e. The Balaban J connectivity index is 2.05. The fourth-order valence-corrected chi connectivity index (χ4v) is 2.97. The van der Waals surface area contributed by atoms with Gasteiger partial charge >= 0.3 is 5.97 Å². The molecule has 1 saturated heterocycles. The number of nitrogens with zero attached hydrogens (tertiary/aromatic N) is 3. The Morgan fingerprint density at radius 3 is 2.85 bits per heavy atom. The first-order valence-electron chi connectivity index (χ1n) is 6.39. The van der Waals surface area contributed by atoms with Crippen LogP contribution in [0.25, 0.3) is 5.69 Å². The molecule has 1 atom stereocenters. The van der Waals surface area contributed by atoms with Crippen LogP contribution in [-0.2, 0) is 0 Å². The molecule has 6 heteroatoms. The molecule has 4 rings (SSSR count). The summed E-state index contributed by atoms with van der Waals surface area (Å²) in [6.07, 6.45) is 2.26. The number of hydrogen-bond acceptors (Lipinski definition) is 3. The highest BCUT2D eigenvalue weighted by Crippen LogP contribution is 2.40. The molecule has 2 aromatic rings. The maximum atomic E-state index is 12.5. The lowest BCUT2D eigenvalue weighted by atomic mass is 9.97. The molecule has 1 N–H and O–H groups in total. The number of carbonyl (C=O) groups is 2. The number of amides is 1. The molecule has 20 heavy (non-hydrogen) atoms. The van der Waals surface area contributed by atoms with Crippen LogP contribution in [0.2, 0.25) is 0 Å². The maximum absolute atomic E-state index is 12.5. The molecule has 100 valence electrons. The van der Waals surface area contributed by atoms with E-state index in [4.69, 9.17) is 0 Å². The van der Waals surface area contributed by atoms with Crippen LogP contribution in [0.3, 0.4) is 0 Å². The highest BCUT2D eigenvalue weighted by Gasteiger charge is 2.42. The standard InChI is InChI=1S/C14H11N3O3/c18-13-8-3-1-2-4-9(8)17-7-15-11(14(19)20)12(17)10-5-6-16(10)13/h1-4,7,10H,5-6H2,(H,19,20)/t10-/m0/s1. The summed E-state index contributed by atoms with van der Waals surface area (Å²) in [6, 6.07) is 7.03. The SMILES string of the molecule is O=C(O)c1ncn2c1[C@@H]1CCN1C(=O)c1ccccc1-2. The zero-order valence-corrected chi connectivity index (χ0v) is 10.5. The van der Waals surface area contributed by atoms with Crippen LogP contribution in [0.15, 0.2) is 30.6 Å². The second-order valence-electron chi connectivity index (χ2n) is 4.97. The molecule has 0 radical (unpaired) electrons. The van der Waals surface area contributed by atoms with Gasteiger partial charge in [0.15, 0.2) is 5.69 Å². The second-order valence-corrected chi connectivity index (χ2v) is 4.97. The van der Waals surface area contributed by atoms with Crippen LogP contribution in [0.1, 0.15) is 39.0 Å². The Hall–Kier alpha value is -2.63. The van der Waals surface area contributed by atoms with Crippen LogP contribution in [0.5, 0.6) is 0 Å². The third-order valence-electron chi connectivity index (χ3n) is 4.00. The Bertz CT molecular complexity index is 750. The van der Waals surface area contributed by atoms with Gasteiger partial charge in [0.25, 0.3) is 5.91 Å². The van der Waals surface area contributed by atoms with Crippen molar-refractivity contribution in [3.63, 3.8) is 0 Å². The Labute approximate surface area is 114 Å². The summed E-state index contributed by atoms with van der Waals surface area (Å²) in [6.45, 7) is 0.655. The number of carboxylic acid groups (broad SMARTS) is 1. The number of aromatic carboxylic acids is 1. The Morgan fingerprint density at radius 2 is 2.15 bits per heavy atom. The quantitative estimate of drug-likeness (QED) is 0.850. The number of aromatic nitrogens is 2. The molecule has 1 aromatic carbocycles. The number of para-hydroxylation sites is 1. The number of fused-ring (bicyclic) bond motifs is 5. The van der Waals surface area contributed by atoms with E-state index < -0.39 is 5.97 Å². The fourth-order valence-electron chi connectivity index (χ4n) is 2.97. The van der Waals surface area contributed by atoms with Crippen LogP contribution >= 0.6 is 0 Å². The van der Waals surface area contributed by atoms with Crippen molar-refractivity contribution in [2.75, 3.05) is 6.54 Å². The van der Waals surface area contributed by atoms with E-state index in [1.54, 1.807) is 15.5 Å². The molecule has 0 spiro atoms. The van der Waals surface area contributed by atoms with E-state index in [0.29, 0.717) is 23.5 Å². The molecule has 0 bridgehead atoms. The minimum absolute atomic E-state index is 0.0317. The molecule has 0 unspecified atom stereocenters. The number of rotatable bonds is 1. The smallest absolute Gasteiger partial charge is 0.356 e. The monoisotopic (exact) mass is 269 g/mol. The van der Waals surface area contributed by atoms with Crippen LogP contribution in [0, 0.1) is 0 Å². The molecule has 1 amide bonds. The summed E-state index contributed by atoms with van der Waals surface area (Å²) in [4.78, 5) is 29.5. The average Bonchev–Trinajstić information content (AvgIpc) is 2.79. The van der Waals surface area contributed by atoms with E-state index in [9.17, 15) is 14.7 Å². The Morgan fingerprint density at radius 1 is 1.35 bits per heavy atom. The molecule has 3 heterocycles. The molecule has 2 aliphatic heterocycles. The van der Waals surface area contributed by atoms with E-state index in [2.05, 4.69) is 4.98 Å². The van der Waals surface area contributed by atoms with Gasteiger partial charge in [-0.1, -0.05) is 12.1 Å². The lowest BCUT2D eigenvalue weighted by Crippen LogP contribution is -2.45. The number of benzene rings is 1. The molecule has 1 aromatic heterocycles. The Kier molecular flexibility index (Phi) is 2.07. The van der Waals surface area contributed by atoms with Gasteiger partial charge in [-0.15, -0.1) is 0 Å². The van der Waals surface area contributed by atoms with Gasteiger partial charge in [-0.2, -0.15) is 0 Å². The summed E-state index contributed by atoms with van der Waals surface area (Å²) in [5.41, 5.74) is 1.92. The molecule has 2 aliphatic rings. The van der Waals surface area contributed by atoms with Crippen molar-refractivity contribution in [1.29, 1.82) is 0 Å². The summed E-state index contributed by atoms with van der Waals surface area (Å²) in [7, 11) is 0. The summed E-state index contributed by atoms with van der Waals surface area (Å²) >= 11 is 0. The zero-order chi connectivity index (χ0) is 13.9.